The summed E-state index contributed by atoms with van der Waals surface area (Å²) in [7, 11) is 0. The highest BCUT2D eigenvalue weighted by atomic mass is 19.1. The van der Waals surface area contributed by atoms with Gasteiger partial charge in [0, 0.05) is 17.0 Å². The molecule has 1 aromatic carbocycles. The minimum absolute atomic E-state index is 0.00111. The Morgan fingerprint density at radius 1 is 1.38 bits per heavy atom. The molecule has 3 rings (SSSR count). The van der Waals surface area contributed by atoms with Crippen LogP contribution in [0.3, 0.4) is 0 Å². The smallest absolute Gasteiger partial charge is 0.267 e. The molecular formula is C19H18FN3O3. The zero-order chi connectivity index (χ0) is 18.7. The fraction of sp³-hybridized carbons (Fsp3) is 0.158. The van der Waals surface area contributed by atoms with E-state index in [0.29, 0.717) is 29.6 Å². The van der Waals surface area contributed by atoms with E-state index in [-0.39, 0.29) is 17.4 Å². The lowest BCUT2D eigenvalue weighted by atomic mass is 10.1. The summed E-state index contributed by atoms with van der Waals surface area (Å²) in [5.41, 5.74) is 7.40. The monoisotopic (exact) mass is 355 g/mol. The van der Waals surface area contributed by atoms with Crippen LogP contribution in [0.2, 0.25) is 0 Å². The lowest BCUT2D eigenvalue weighted by molar-refractivity contribution is 0.0995. The number of carbonyl (C=O) groups is 1. The maximum Gasteiger partial charge on any atom is 0.267 e. The van der Waals surface area contributed by atoms with Crippen LogP contribution in [-0.4, -0.2) is 27.2 Å². The Kier molecular flexibility index (Phi) is 4.88. The van der Waals surface area contributed by atoms with E-state index in [0.717, 1.165) is 5.56 Å². The summed E-state index contributed by atoms with van der Waals surface area (Å²) in [6, 6.07) is 7.54. The molecule has 0 bridgehead atoms. The summed E-state index contributed by atoms with van der Waals surface area (Å²) < 4.78 is 19.9. The largest absolute Gasteiger partial charge is 0.501 e. The number of aromatic nitrogens is 2. The molecule has 0 radical (unpaired) electrons. The van der Waals surface area contributed by atoms with Gasteiger partial charge in [0.1, 0.15) is 11.5 Å². The number of aromatic hydroxyl groups is 1. The van der Waals surface area contributed by atoms with Gasteiger partial charge in [-0.25, -0.2) is 9.37 Å². The fourth-order valence-corrected chi connectivity index (χ4v) is 2.74. The lowest BCUT2D eigenvalue weighted by Crippen LogP contribution is -2.15. The van der Waals surface area contributed by atoms with Crippen molar-refractivity contribution >= 4 is 22.9 Å². The number of rotatable bonds is 6. The predicted molar refractivity (Wildman–Crippen MR) is 96.1 cm³/mol. The zero-order valence-electron chi connectivity index (χ0n) is 14.1. The number of halogens is 1. The van der Waals surface area contributed by atoms with E-state index in [4.69, 9.17) is 10.5 Å². The minimum Gasteiger partial charge on any atom is -0.501 e. The Bertz CT molecular complexity index is 978. The van der Waals surface area contributed by atoms with Crippen LogP contribution in [0, 0.1) is 5.82 Å². The second-order valence-corrected chi connectivity index (χ2v) is 5.66. The molecule has 1 amide bonds. The number of hydrogen-bond acceptors (Lipinski definition) is 4. The Balaban J connectivity index is 2.11. The Morgan fingerprint density at radius 2 is 2.12 bits per heavy atom. The summed E-state index contributed by atoms with van der Waals surface area (Å²) in [4.78, 5) is 15.8. The van der Waals surface area contributed by atoms with E-state index in [1.807, 2.05) is 6.92 Å². The lowest BCUT2D eigenvalue weighted by Gasteiger charge is -2.09. The van der Waals surface area contributed by atoms with Crippen LogP contribution in [-0.2, 0) is 11.3 Å². The van der Waals surface area contributed by atoms with Crippen LogP contribution < -0.4 is 5.73 Å². The molecule has 6 nitrogen and oxygen atoms in total. The van der Waals surface area contributed by atoms with Crippen LogP contribution in [0.5, 0.6) is 5.88 Å². The highest BCUT2D eigenvalue weighted by Crippen LogP contribution is 2.30. The second-order valence-electron chi connectivity index (χ2n) is 5.66. The SMILES string of the molecule is CCOC=Cc1c(C(N)=O)ncc2c1cc(O)n2Cc1ccc(F)cc1. The van der Waals surface area contributed by atoms with Crippen LogP contribution in [0.15, 0.2) is 42.8 Å². The van der Waals surface area contributed by atoms with Crippen molar-refractivity contribution in [3.8, 4) is 5.88 Å². The highest BCUT2D eigenvalue weighted by Gasteiger charge is 2.17. The number of nitrogens with zero attached hydrogens (tertiary/aromatic N) is 2. The molecule has 0 aliphatic carbocycles. The first-order chi connectivity index (χ1) is 12.5. The Morgan fingerprint density at radius 3 is 2.77 bits per heavy atom. The summed E-state index contributed by atoms with van der Waals surface area (Å²) in [5, 5.41) is 11.0. The van der Waals surface area contributed by atoms with Crippen molar-refractivity contribution in [2.45, 2.75) is 13.5 Å². The number of nitrogens with two attached hydrogens (primary N) is 1. The first-order valence-corrected chi connectivity index (χ1v) is 8.05. The Hall–Kier alpha value is -3.35. The van der Waals surface area contributed by atoms with Crippen LogP contribution in [0.1, 0.15) is 28.5 Å². The normalized spacial score (nSPS) is 11.3. The van der Waals surface area contributed by atoms with Gasteiger partial charge in [-0.3, -0.25) is 4.79 Å². The number of primary amides is 1. The second kappa shape index (κ2) is 7.26. The van der Waals surface area contributed by atoms with Crippen LogP contribution in [0.25, 0.3) is 17.0 Å². The molecule has 0 saturated heterocycles. The average Bonchev–Trinajstić information content (AvgIpc) is 2.93. The third-order valence-electron chi connectivity index (χ3n) is 3.96. The third-order valence-corrected chi connectivity index (χ3v) is 3.96. The number of hydrogen-bond donors (Lipinski definition) is 2. The van der Waals surface area contributed by atoms with Gasteiger partial charge in [0.15, 0.2) is 5.88 Å². The molecule has 0 fully saturated rings. The standard InChI is InChI=1S/C19H18FN3O3/c1-2-26-8-7-14-15-9-17(24)23(11-12-3-5-13(20)6-4-12)16(15)10-22-18(14)19(21)25/h3-10,24H,2,11H2,1H3,(H2,21,25). The molecule has 26 heavy (non-hydrogen) atoms. The van der Waals surface area contributed by atoms with Crippen molar-refractivity contribution in [2.75, 3.05) is 6.61 Å². The van der Waals surface area contributed by atoms with Gasteiger partial charge in [0.05, 0.1) is 31.1 Å². The maximum atomic E-state index is 13.1. The maximum absolute atomic E-state index is 13.1. The van der Waals surface area contributed by atoms with Gasteiger partial charge in [-0.15, -0.1) is 0 Å². The predicted octanol–water partition coefficient (Wildman–Crippen LogP) is 3.04. The molecule has 0 saturated carbocycles. The number of pyridine rings is 1. The molecule has 3 aromatic rings. The van der Waals surface area contributed by atoms with Gasteiger partial charge in [-0.1, -0.05) is 12.1 Å². The van der Waals surface area contributed by atoms with E-state index in [1.165, 1.54) is 24.6 Å². The van der Waals surface area contributed by atoms with E-state index in [2.05, 4.69) is 4.98 Å². The van der Waals surface area contributed by atoms with Gasteiger partial charge in [-0.2, -0.15) is 0 Å². The van der Waals surface area contributed by atoms with Gasteiger partial charge in [0.2, 0.25) is 0 Å². The highest BCUT2D eigenvalue weighted by molar-refractivity contribution is 6.02. The zero-order valence-corrected chi connectivity index (χ0v) is 14.1. The molecule has 2 aromatic heterocycles. The molecule has 0 atom stereocenters. The summed E-state index contributed by atoms with van der Waals surface area (Å²) in [6.45, 7) is 2.63. The molecule has 2 heterocycles. The average molecular weight is 355 g/mol. The molecule has 0 unspecified atom stereocenters. The first kappa shape index (κ1) is 17.5. The minimum atomic E-state index is -0.672. The van der Waals surface area contributed by atoms with Crippen molar-refractivity contribution in [2.24, 2.45) is 5.73 Å². The van der Waals surface area contributed by atoms with Crippen molar-refractivity contribution in [1.82, 2.24) is 9.55 Å². The summed E-state index contributed by atoms with van der Waals surface area (Å²) in [6.07, 6.45) is 4.54. The molecule has 0 spiro atoms. The molecule has 0 aliphatic heterocycles. The topological polar surface area (TPSA) is 90.4 Å². The molecule has 0 aliphatic rings. The van der Waals surface area contributed by atoms with Gasteiger partial charge >= 0.3 is 0 Å². The number of ether oxygens (including phenoxy) is 1. The van der Waals surface area contributed by atoms with E-state index >= 15 is 0 Å². The number of fused-ring (bicyclic) bond motifs is 1. The van der Waals surface area contributed by atoms with Crippen molar-refractivity contribution in [3.05, 3.63) is 65.4 Å². The molecule has 3 N–H and O–H groups in total. The number of carbonyl (C=O) groups excluding carboxylic acids is 1. The number of benzene rings is 1. The van der Waals surface area contributed by atoms with E-state index in [9.17, 15) is 14.3 Å². The van der Waals surface area contributed by atoms with Gasteiger partial charge < -0.3 is 20.1 Å². The van der Waals surface area contributed by atoms with Crippen molar-refractivity contribution < 1.29 is 19.0 Å². The molecule has 7 heteroatoms. The van der Waals surface area contributed by atoms with E-state index in [1.54, 1.807) is 28.8 Å². The van der Waals surface area contributed by atoms with Gasteiger partial charge in [-0.05, 0) is 30.7 Å². The summed E-state index contributed by atoms with van der Waals surface area (Å²) in [5.74, 6) is -1.00. The van der Waals surface area contributed by atoms with Crippen molar-refractivity contribution in [3.63, 3.8) is 0 Å². The first-order valence-electron chi connectivity index (χ1n) is 8.05. The Labute approximate surface area is 149 Å². The fourth-order valence-electron chi connectivity index (χ4n) is 2.74. The summed E-state index contributed by atoms with van der Waals surface area (Å²) >= 11 is 0. The van der Waals surface area contributed by atoms with Crippen LogP contribution in [0.4, 0.5) is 4.39 Å². The third kappa shape index (κ3) is 3.37. The van der Waals surface area contributed by atoms with Gasteiger partial charge in [0.25, 0.3) is 5.91 Å². The molecule has 134 valence electrons. The molecular weight excluding hydrogens is 337 g/mol. The van der Waals surface area contributed by atoms with Crippen LogP contribution >= 0.6 is 0 Å². The van der Waals surface area contributed by atoms with E-state index < -0.39 is 5.91 Å². The van der Waals surface area contributed by atoms with Crippen molar-refractivity contribution in [1.29, 1.82) is 0 Å². The number of amides is 1. The quantitative estimate of drug-likeness (QED) is 0.665.